The molecule has 15 heavy (non-hydrogen) atoms. The smallest absolute Gasteiger partial charge is 0.339 e. The molecule has 1 aromatic rings. The van der Waals surface area contributed by atoms with Crippen LogP contribution in [-0.4, -0.2) is 33.5 Å². The third-order valence-corrected chi connectivity index (χ3v) is 2.74. The van der Waals surface area contributed by atoms with Gasteiger partial charge in [0.15, 0.2) is 5.17 Å². The number of hydrogen-bond donors (Lipinski definition) is 2. The lowest BCUT2D eigenvalue weighted by Gasteiger charge is -2.06. The lowest BCUT2D eigenvalue weighted by molar-refractivity contribution is 0.0697. The number of hydrogen-bond acceptors (Lipinski definition) is 5. The van der Waals surface area contributed by atoms with Gasteiger partial charge in [0.25, 0.3) is 0 Å². The molecule has 2 rings (SSSR count). The Morgan fingerprint density at radius 2 is 2.47 bits per heavy atom. The summed E-state index contributed by atoms with van der Waals surface area (Å²) < 4.78 is 0. The van der Waals surface area contributed by atoms with Gasteiger partial charge >= 0.3 is 5.97 Å². The van der Waals surface area contributed by atoms with Gasteiger partial charge in [0.05, 0.1) is 6.54 Å². The van der Waals surface area contributed by atoms with Crippen LogP contribution in [0.15, 0.2) is 23.3 Å². The second-order valence-corrected chi connectivity index (χ2v) is 3.95. The number of nitrogens with zero attached hydrogens (tertiary/aromatic N) is 2. The van der Waals surface area contributed by atoms with E-state index in [9.17, 15) is 4.79 Å². The van der Waals surface area contributed by atoms with E-state index in [0.29, 0.717) is 5.82 Å². The van der Waals surface area contributed by atoms with Crippen LogP contribution in [0.1, 0.15) is 10.4 Å². The van der Waals surface area contributed by atoms with Crippen LogP contribution in [0, 0.1) is 0 Å². The molecule has 2 N–H and O–H groups in total. The Labute approximate surface area is 90.6 Å². The number of carbonyl (C=O) groups is 1. The van der Waals surface area contributed by atoms with Gasteiger partial charge in [-0.1, -0.05) is 11.8 Å². The van der Waals surface area contributed by atoms with E-state index in [4.69, 9.17) is 5.11 Å². The molecule has 78 valence electrons. The van der Waals surface area contributed by atoms with Crippen molar-refractivity contribution >= 4 is 28.7 Å². The molecule has 0 spiro atoms. The zero-order valence-corrected chi connectivity index (χ0v) is 8.62. The number of aromatic nitrogens is 1. The summed E-state index contributed by atoms with van der Waals surface area (Å²) in [7, 11) is 0. The minimum atomic E-state index is -0.991. The Bertz CT molecular complexity index is 420. The van der Waals surface area contributed by atoms with E-state index < -0.39 is 5.97 Å². The molecule has 0 saturated carbocycles. The number of carboxylic acid groups (broad SMARTS) is 1. The summed E-state index contributed by atoms with van der Waals surface area (Å²) in [6.45, 7) is 0.766. The minimum absolute atomic E-state index is 0.160. The van der Waals surface area contributed by atoms with E-state index in [1.807, 2.05) is 0 Å². The molecule has 0 fully saturated rings. The Morgan fingerprint density at radius 3 is 3.13 bits per heavy atom. The standard InChI is InChI=1S/C9H9N3O2S/c13-8(14)6-2-1-3-10-7(6)12-9-11-4-5-15-9/h1-3H,4-5H2,(H,13,14)(H,10,11,12). The molecule has 0 bridgehead atoms. The van der Waals surface area contributed by atoms with Crippen LogP contribution in [0.5, 0.6) is 0 Å². The molecular weight excluding hydrogens is 214 g/mol. The first-order chi connectivity index (χ1) is 7.27. The van der Waals surface area contributed by atoms with Crippen molar-refractivity contribution in [2.45, 2.75) is 0 Å². The zero-order chi connectivity index (χ0) is 10.7. The summed E-state index contributed by atoms with van der Waals surface area (Å²) in [5.74, 6) is 0.282. The van der Waals surface area contributed by atoms with Gasteiger partial charge in [-0.05, 0) is 12.1 Å². The van der Waals surface area contributed by atoms with Crippen LogP contribution in [0.4, 0.5) is 5.82 Å². The lowest BCUT2D eigenvalue weighted by atomic mass is 10.2. The van der Waals surface area contributed by atoms with Crippen molar-refractivity contribution in [3.8, 4) is 0 Å². The van der Waals surface area contributed by atoms with Crippen molar-refractivity contribution in [3.05, 3.63) is 23.9 Å². The van der Waals surface area contributed by atoms with Crippen LogP contribution in [0.3, 0.4) is 0 Å². The largest absolute Gasteiger partial charge is 0.478 e. The summed E-state index contributed by atoms with van der Waals surface area (Å²) in [5.41, 5.74) is 0.160. The number of nitrogens with one attached hydrogen (secondary N) is 1. The highest BCUT2D eigenvalue weighted by molar-refractivity contribution is 8.14. The van der Waals surface area contributed by atoms with Crippen molar-refractivity contribution in [2.24, 2.45) is 4.99 Å². The molecule has 0 radical (unpaired) electrons. The highest BCUT2D eigenvalue weighted by Crippen LogP contribution is 2.17. The normalized spacial score (nSPS) is 14.8. The predicted molar refractivity (Wildman–Crippen MR) is 59.6 cm³/mol. The van der Waals surface area contributed by atoms with E-state index in [1.165, 1.54) is 6.07 Å². The maximum absolute atomic E-state index is 10.9. The van der Waals surface area contributed by atoms with E-state index in [1.54, 1.807) is 24.0 Å². The molecule has 0 aromatic carbocycles. The van der Waals surface area contributed by atoms with Crippen molar-refractivity contribution in [1.29, 1.82) is 0 Å². The van der Waals surface area contributed by atoms with Gasteiger partial charge < -0.3 is 10.4 Å². The first-order valence-corrected chi connectivity index (χ1v) is 5.38. The van der Waals surface area contributed by atoms with E-state index in [2.05, 4.69) is 15.3 Å². The quantitative estimate of drug-likeness (QED) is 0.790. The molecule has 6 heteroatoms. The van der Waals surface area contributed by atoms with Gasteiger partial charge in [-0.2, -0.15) is 0 Å². The molecule has 0 aliphatic carbocycles. The van der Waals surface area contributed by atoms with E-state index >= 15 is 0 Å². The second-order valence-electron chi connectivity index (χ2n) is 2.87. The topological polar surface area (TPSA) is 74.6 Å². The summed E-state index contributed by atoms with van der Waals surface area (Å²) in [6, 6.07) is 3.11. The maximum Gasteiger partial charge on any atom is 0.339 e. The summed E-state index contributed by atoms with van der Waals surface area (Å²) in [6.07, 6.45) is 1.55. The molecule has 0 saturated heterocycles. The predicted octanol–water partition coefficient (Wildman–Crippen LogP) is 1.29. The van der Waals surface area contributed by atoms with Crippen LogP contribution >= 0.6 is 11.8 Å². The van der Waals surface area contributed by atoms with E-state index in [0.717, 1.165) is 17.5 Å². The Kier molecular flexibility index (Phi) is 2.86. The Morgan fingerprint density at radius 1 is 1.60 bits per heavy atom. The molecule has 1 aliphatic rings. The van der Waals surface area contributed by atoms with Crippen LogP contribution in [0.2, 0.25) is 0 Å². The fourth-order valence-electron chi connectivity index (χ4n) is 1.19. The molecule has 0 amide bonds. The fourth-order valence-corrected chi connectivity index (χ4v) is 1.92. The van der Waals surface area contributed by atoms with Gasteiger partial charge in [-0.25, -0.2) is 9.78 Å². The van der Waals surface area contributed by atoms with Crippen LogP contribution in [-0.2, 0) is 0 Å². The van der Waals surface area contributed by atoms with E-state index in [-0.39, 0.29) is 5.56 Å². The first-order valence-electron chi connectivity index (χ1n) is 4.40. The van der Waals surface area contributed by atoms with Gasteiger partial charge in [-0.15, -0.1) is 0 Å². The second kappa shape index (κ2) is 4.31. The molecule has 2 heterocycles. The van der Waals surface area contributed by atoms with Gasteiger partial charge in [0.1, 0.15) is 11.4 Å². The fraction of sp³-hybridized carbons (Fsp3) is 0.222. The number of aliphatic imine (C=N–C) groups is 1. The Hall–Kier alpha value is -1.56. The minimum Gasteiger partial charge on any atom is -0.478 e. The average molecular weight is 223 g/mol. The third-order valence-electron chi connectivity index (χ3n) is 1.85. The van der Waals surface area contributed by atoms with Crippen molar-refractivity contribution in [2.75, 3.05) is 17.6 Å². The van der Waals surface area contributed by atoms with Crippen molar-refractivity contribution < 1.29 is 9.90 Å². The molecule has 0 unspecified atom stereocenters. The number of aromatic carboxylic acids is 1. The molecule has 1 aliphatic heterocycles. The number of rotatable bonds is 2. The summed E-state index contributed by atoms with van der Waals surface area (Å²) in [5, 5.41) is 12.6. The van der Waals surface area contributed by atoms with Gasteiger partial charge in [-0.3, -0.25) is 4.99 Å². The molecule has 0 atom stereocenters. The number of anilines is 1. The van der Waals surface area contributed by atoms with Gasteiger partial charge in [0.2, 0.25) is 0 Å². The molecule has 1 aromatic heterocycles. The first kappa shape index (κ1) is 9.97. The number of amidine groups is 1. The highest BCUT2D eigenvalue weighted by Gasteiger charge is 2.14. The molecular formula is C9H9N3O2S. The number of carboxylic acids is 1. The zero-order valence-electron chi connectivity index (χ0n) is 7.80. The number of thioether (sulfide) groups is 1. The average Bonchev–Trinajstić information content (AvgIpc) is 2.71. The summed E-state index contributed by atoms with van der Waals surface area (Å²) >= 11 is 1.56. The lowest BCUT2D eigenvalue weighted by Crippen LogP contribution is -2.11. The maximum atomic E-state index is 10.9. The summed E-state index contributed by atoms with van der Waals surface area (Å²) in [4.78, 5) is 19.0. The molecule has 5 nitrogen and oxygen atoms in total. The highest BCUT2D eigenvalue weighted by atomic mass is 32.2. The van der Waals surface area contributed by atoms with Crippen LogP contribution in [0.25, 0.3) is 0 Å². The number of pyridine rings is 1. The Balaban J connectivity index is 2.23. The SMILES string of the molecule is O=C(O)c1cccnc1NC1=NCCS1. The monoisotopic (exact) mass is 223 g/mol. The van der Waals surface area contributed by atoms with Crippen LogP contribution < -0.4 is 5.32 Å². The van der Waals surface area contributed by atoms with Crippen molar-refractivity contribution in [3.63, 3.8) is 0 Å². The van der Waals surface area contributed by atoms with Crippen molar-refractivity contribution in [1.82, 2.24) is 4.98 Å². The third kappa shape index (κ3) is 2.27. The van der Waals surface area contributed by atoms with Gasteiger partial charge in [0, 0.05) is 11.9 Å².